The number of aliphatic hydroxyl groups excluding tert-OH is 1. The van der Waals surface area contributed by atoms with E-state index in [1.54, 1.807) is 0 Å². The molecule has 3 rings (SSSR count). The molecule has 3 atom stereocenters. The number of rotatable bonds is 4. The Bertz CT molecular complexity index is 807. The van der Waals surface area contributed by atoms with Crippen molar-refractivity contribution in [2.24, 2.45) is 0 Å². The normalized spacial score (nSPS) is 28.2. The number of aromatic nitrogens is 2. The molecule has 1 fully saturated rings. The van der Waals surface area contributed by atoms with Crippen LogP contribution >= 0.6 is 0 Å². The van der Waals surface area contributed by atoms with Gasteiger partial charge < -0.3 is 14.3 Å². The molecule has 1 aliphatic carbocycles. The number of allylic oxidation sites excluding steroid dienone is 4. The Morgan fingerprint density at radius 1 is 1.46 bits per heavy atom. The topological polar surface area (TPSA) is 93.5 Å². The van der Waals surface area contributed by atoms with Gasteiger partial charge in [-0.25, -0.2) is 4.79 Å². The summed E-state index contributed by atoms with van der Waals surface area (Å²) in [7, 11) is -1.09. The van der Waals surface area contributed by atoms with Gasteiger partial charge in [-0.1, -0.05) is 24.3 Å². The molecular weight excluding hydrogens is 328 g/mol. The molecule has 0 radical (unpaired) electrons. The second-order valence-electron chi connectivity index (χ2n) is 5.85. The van der Waals surface area contributed by atoms with Crippen molar-refractivity contribution in [3.8, 4) is 0 Å². The van der Waals surface area contributed by atoms with Crippen LogP contribution in [0.4, 0.5) is 0 Å². The van der Waals surface area contributed by atoms with E-state index in [1.165, 1.54) is 22.0 Å². The number of hydrogen-bond acceptors (Lipinski definition) is 5. The number of aromatic amines is 1. The van der Waals surface area contributed by atoms with Crippen molar-refractivity contribution in [2.45, 2.75) is 37.8 Å². The fraction of sp³-hybridized carbons (Fsp3) is 0.438. The third-order valence-electron chi connectivity index (χ3n) is 4.11. The van der Waals surface area contributed by atoms with Crippen molar-refractivity contribution in [3.63, 3.8) is 0 Å². The largest absolute Gasteiger partial charge is 0.548 e. The maximum atomic E-state index is 11.8. The highest BCUT2D eigenvalue weighted by molar-refractivity contribution is 6.67. The lowest BCUT2D eigenvalue weighted by molar-refractivity contribution is -0.0502. The van der Waals surface area contributed by atoms with Crippen LogP contribution in [0.1, 0.15) is 19.1 Å². The van der Waals surface area contributed by atoms with Gasteiger partial charge in [0.1, 0.15) is 6.10 Å². The van der Waals surface area contributed by atoms with E-state index >= 15 is 0 Å². The van der Waals surface area contributed by atoms with Crippen LogP contribution < -0.4 is 11.2 Å². The lowest BCUT2D eigenvalue weighted by atomic mass is 10.2. The van der Waals surface area contributed by atoms with Gasteiger partial charge in [-0.05, 0) is 18.1 Å². The lowest BCUT2D eigenvalue weighted by Gasteiger charge is -2.18. The summed E-state index contributed by atoms with van der Waals surface area (Å²) in [4.78, 5) is 25.1. The number of hydrogen-bond donors (Lipinski definition) is 2. The molecule has 0 bridgehead atoms. The Labute approximate surface area is 140 Å². The van der Waals surface area contributed by atoms with Gasteiger partial charge in [-0.3, -0.25) is 14.3 Å². The Hall–Kier alpha value is -2.03. The summed E-state index contributed by atoms with van der Waals surface area (Å²) in [5.41, 5.74) is -1.07. The minimum Gasteiger partial charge on any atom is -0.548 e. The molecule has 1 aromatic rings. The van der Waals surface area contributed by atoms with Crippen molar-refractivity contribution in [1.29, 1.82) is 0 Å². The Morgan fingerprint density at radius 3 is 3.00 bits per heavy atom. The molecule has 8 heteroatoms. The molecule has 24 heavy (non-hydrogen) atoms. The molecule has 2 aliphatic rings. The molecule has 2 heterocycles. The van der Waals surface area contributed by atoms with Crippen LogP contribution in [-0.4, -0.2) is 47.3 Å². The zero-order chi connectivity index (χ0) is 17.1. The standard InChI is InChI=1S/C16H20N2O5Si/c1-24(12-5-3-2-4-6-12)22-10-11-9-13(19)15(23-11)18-8-7-14(20)17-16(18)21/h2-5,7-8,11,13,15,19H,6,9-10H2,1H3,(H,17,20,21). The van der Waals surface area contributed by atoms with E-state index in [4.69, 9.17) is 9.16 Å². The molecule has 0 amide bonds. The Kier molecular flexibility index (Phi) is 5.08. The van der Waals surface area contributed by atoms with E-state index < -0.39 is 32.2 Å². The van der Waals surface area contributed by atoms with Crippen LogP contribution in [0.2, 0.25) is 6.55 Å². The Morgan fingerprint density at radius 2 is 2.29 bits per heavy atom. The van der Waals surface area contributed by atoms with Crippen LogP contribution in [0.3, 0.4) is 0 Å². The lowest BCUT2D eigenvalue weighted by Crippen LogP contribution is -2.35. The van der Waals surface area contributed by atoms with Gasteiger partial charge in [-0.15, -0.1) is 0 Å². The highest BCUT2D eigenvalue weighted by Gasteiger charge is 2.36. The van der Waals surface area contributed by atoms with E-state index in [1.807, 2.05) is 12.2 Å². The maximum absolute atomic E-state index is 11.8. The van der Waals surface area contributed by atoms with Crippen LogP contribution in [0.25, 0.3) is 0 Å². The van der Waals surface area contributed by atoms with Crippen molar-refractivity contribution < 1.29 is 14.3 Å². The van der Waals surface area contributed by atoms with E-state index in [2.05, 4.69) is 23.7 Å². The van der Waals surface area contributed by atoms with Gasteiger partial charge in [0.15, 0.2) is 6.23 Å². The first kappa shape index (κ1) is 16.8. The molecule has 0 saturated carbocycles. The molecule has 7 nitrogen and oxygen atoms in total. The van der Waals surface area contributed by atoms with Crippen molar-refractivity contribution in [2.75, 3.05) is 6.61 Å². The summed E-state index contributed by atoms with van der Waals surface area (Å²) in [6.07, 6.45) is 8.92. The molecule has 128 valence electrons. The maximum Gasteiger partial charge on any atom is 0.330 e. The summed E-state index contributed by atoms with van der Waals surface area (Å²) >= 11 is 0. The monoisotopic (exact) mass is 348 g/mol. The molecule has 1 aliphatic heterocycles. The summed E-state index contributed by atoms with van der Waals surface area (Å²) in [5.74, 6) is 0. The number of ether oxygens (including phenoxy) is 1. The van der Waals surface area contributed by atoms with E-state index in [-0.39, 0.29) is 6.10 Å². The van der Waals surface area contributed by atoms with Crippen LogP contribution in [0, 0.1) is 0 Å². The molecule has 0 spiro atoms. The number of H-pyrrole nitrogens is 1. The zero-order valence-electron chi connectivity index (χ0n) is 13.3. The van der Waals surface area contributed by atoms with Crippen LogP contribution in [0.15, 0.2) is 46.2 Å². The molecule has 1 aromatic heterocycles. The van der Waals surface area contributed by atoms with Crippen molar-refractivity contribution in [3.05, 3.63) is 57.4 Å². The first-order valence-corrected chi connectivity index (χ1v) is 9.76. The molecule has 2 N–H and O–H groups in total. The second kappa shape index (κ2) is 7.25. The second-order valence-corrected chi connectivity index (χ2v) is 7.90. The third-order valence-corrected chi connectivity index (χ3v) is 5.99. The number of nitrogens with one attached hydrogen (secondary N) is 1. The average Bonchev–Trinajstić information content (AvgIpc) is 2.94. The summed E-state index contributed by atoms with van der Waals surface area (Å²) in [6, 6.07) is 1.23. The van der Waals surface area contributed by atoms with Gasteiger partial charge in [0.2, 0.25) is 8.65 Å². The van der Waals surface area contributed by atoms with E-state index in [0.717, 1.165) is 6.42 Å². The van der Waals surface area contributed by atoms with Gasteiger partial charge in [0.25, 0.3) is 5.56 Å². The molecular formula is C16H20N2O5Si. The third kappa shape index (κ3) is 3.72. The van der Waals surface area contributed by atoms with Crippen LogP contribution in [0.5, 0.6) is 0 Å². The first-order valence-electron chi connectivity index (χ1n) is 7.85. The number of aliphatic hydroxyl groups is 1. The SMILES string of the molecule is C[Si](OCC1CC(O)C(n2ccc(=O)[nH]c2=O)O1)=C1C=CC=CC1. The average molecular weight is 348 g/mol. The fourth-order valence-electron chi connectivity index (χ4n) is 2.80. The van der Waals surface area contributed by atoms with E-state index in [0.29, 0.717) is 13.0 Å². The van der Waals surface area contributed by atoms with Crippen molar-refractivity contribution in [1.82, 2.24) is 9.55 Å². The fourth-order valence-corrected chi connectivity index (χ4v) is 4.16. The smallest absolute Gasteiger partial charge is 0.330 e. The molecule has 0 aromatic carbocycles. The van der Waals surface area contributed by atoms with Gasteiger partial charge in [-0.2, -0.15) is 0 Å². The highest BCUT2D eigenvalue weighted by Crippen LogP contribution is 2.27. The predicted molar refractivity (Wildman–Crippen MR) is 91.3 cm³/mol. The van der Waals surface area contributed by atoms with Crippen LogP contribution in [-0.2, 0) is 9.16 Å². The summed E-state index contributed by atoms with van der Waals surface area (Å²) < 4.78 is 12.9. The highest BCUT2D eigenvalue weighted by atomic mass is 28.3. The van der Waals surface area contributed by atoms with Crippen molar-refractivity contribution >= 4 is 13.8 Å². The van der Waals surface area contributed by atoms with Gasteiger partial charge in [0, 0.05) is 18.7 Å². The van der Waals surface area contributed by atoms with Gasteiger partial charge >= 0.3 is 5.69 Å². The first-order chi connectivity index (χ1) is 11.5. The van der Waals surface area contributed by atoms with Gasteiger partial charge in [0.05, 0.1) is 12.7 Å². The quantitative estimate of drug-likeness (QED) is 0.753. The minimum atomic E-state index is -1.09. The zero-order valence-corrected chi connectivity index (χ0v) is 14.3. The molecule has 3 unspecified atom stereocenters. The summed E-state index contributed by atoms with van der Waals surface area (Å²) in [5, 5.41) is 11.5. The summed E-state index contributed by atoms with van der Waals surface area (Å²) in [6.45, 7) is 2.45. The Balaban J connectivity index is 1.64. The predicted octanol–water partition coefficient (Wildman–Crippen LogP) is 0.0931. The minimum absolute atomic E-state index is 0.285. The molecule has 1 saturated heterocycles. The van der Waals surface area contributed by atoms with E-state index in [9.17, 15) is 14.7 Å². The number of nitrogens with zero attached hydrogens (tertiary/aromatic N) is 1.